The molecule has 7 heteroatoms. The number of hydrogen-bond acceptors (Lipinski definition) is 6. The molecule has 2 atom stereocenters. The number of aldehydes is 1. The van der Waals surface area contributed by atoms with Crippen molar-refractivity contribution < 1.29 is 14.3 Å². The molecule has 1 aromatic carbocycles. The molecule has 1 aromatic rings. The number of likely N-dealkylation sites (N-methyl/N-ethyl adjacent to an activating group) is 1. The molecule has 120 valence electrons. The first kappa shape index (κ1) is 17.3. The predicted octanol–water partition coefficient (Wildman–Crippen LogP) is 2.60. The van der Waals surface area contributed by atoms with Crippen LogP contribution in [0.4, 0.5) is 4.39 Å². The van der Waals surface area contributed by atoms with Crippen LogP contribution in [0.15, 0.2) is 23.2 Å². The highest BCUT2D eigenvalue weighted by Crippen LogP contribution is 2.35. The molecular formula is C15H19FN2O2S2. The average Bonchev–Trinajstić information content (AvgIpc) is 3.08. The van der Waals surface area contributed by atoms with Gasteiger partial charge in [-0.05, 0) is 26.1 Å². The summed E-state index contributed by atoms with van der Waals surface area (Å²) in [5.74, 6) is 1.62. The van der Waals surface area contributed by atoms with Gasteiger partial charge in [0, 0.05) is 29.7 Å². The number of thioether (sulfide) groups is 2. The number of aromatic hydroxyl groups is 1. The summed E-state index contributed by atoms with van der Waals surface area (Å²) >= 11 is 3.57. The third-order valence-electron chi connectivity index (χ3n) is 3.36. The Morgan fingerprint density at radius 3 is 2.82 bits per heavy atom. The van der Waals surface area contributed by atoms with E-state index in [4.69, 9.17) is 9.79 Å². The lowest BCUT2D eigenvalue weighted by Gasteiger charge is -2.21. The molecule has 0 spiro atoms. The standard InChI is InChI=1S/C13H15FN2OS2.C2H4O/c1-16-4-5-18-13(16)10-7-19-12(15-10)9-3-2-8(14)6-11(9)17;1-2-3/h2-3,6,10,13,17H,4-5,7H2,1H3;2H,1H3. The fourth-order valence-corrected chi connectivity index (χ4v) is 4.96. The Bertz CT molecular complexity index is 568. The van der Waals surface area contributed by atoms with Crippen molar-refractivity contribution in [3.05, 3.63) is 29.6 Å². The van der Waals surface area contributed by atoms with Crippen LogP contribution in [-0.2, 0) is 4.79 Å². The minimum Gasteiger partial charge on any atom is -0.507 e. The molecule has 4 nitrogen and oxygen atoms in total. The van der Waals surface area contributed by atoms with Crippen molar-refractivity contribution in [2.24, 2.45) is 4.99 Å². The van der Waals surface area contributed by atoms with Gasteiger partial charge in [-0.15, -0.1) is 23.5 Å². The number of carbonyl (C=O) groups is 1. The van der Waals surface area contributed by atoms with E-state index in [1.807, 2.05) is 11.8 Å². The van der Waals surface area contributed by atoms with Crippen LogP contribution in [0, 0.1) is 5.82 Å². The Labute approximate surface area is 138 Å². The van der Waals surface area contributed by atoms with Gasteiger partial charge in [0.15, 0.2) is 0 Å². The summed E-state index contributed by atoms with van der Waals surface area (Å²) < 4.78 is 13.0. The molecule has 0 aromatic heterocycles. The van der Waals surface area contributed by atoms with Crippen LogP contribution < -0.4 is 0 Å². The topological polar surface area (TPSA) is 52.9 Å². The first-order valence-corrected chi connectivity index (χ1v) is 9.01. The number of aliphatic imine (C=N–C) groups is 1. The van der Waals surface area contributed by atoms with Gasteiger partial charge in [-0.3, -0.25) is 9.89 Å². The second-order valence-corrected chi connectivity index (χ2v) is 7.19. The van der Waals surface area contributed by atoms with Gasteiger partial charge in [0.1, 0.15) is 22.9 Å². The highest BCUT2D eigenvalue weighted by Gasteiger charge is 2.33. The van der Waals surface area contributed by atoms with Gasteiger partial charge in [0.05, 0.1) is 11.4 Å². The molecule has 1 fully saturated rings. The van der Waals surface area contributed by atoms with Crippen molar-refractivity contribution in [2.45, 2.75) is 18.3 Å². The number of phenolic OH excluding ortho intramolecular Hbond substituents is 1. The van der Waals surface area contributed by atoms with Crippen LogP contribution in [0.5, 0.6) is 5.75 Å². The Morgan fingerprint density at radius 2 is 2.23 bits per heavy atom. The van der Waals surface area contributed by atoms with E-state index in [0.717, 1.165) is 35.4 Å². The maximum absolute atomic E-state index is 13.0. The molecule has 0 saturated carbocycles. The van der Waals surface area contributed by atoms with Crippen molar-refractivity contribution >= 4 is 34.9 Å². The lowest BCUT2D eigenvalue weighted by molar-refractivity contribution is -0.106. The van der Waals surface area contributed by atoms with Gasteiger partial charge < -0.3 is 9.90 Å². The van der Waals surface area contributed by atoms with Crippen molar-refractivity contribution in [3.63, 3.8) is 0 Å². The fourth-order valence-electron chi connectivity index (χ4n) is 2.35. The lowest BCUT2D eigenvalue weighted by Crippen LogP contribution is -2.33. The second-order valence-electron chi connectivity index (χ2n) is 4.95. The minimum atomic E-state index is -0.424. The number of hydrogen-bond donors (Lipinski definition) is 1. The van der Waals surface area contributed by atoms with E-state index in [1.54, 1.807) is 17.8 Å². The van der Waals surface area contributed by atoms with Gasteiger partial charge in [0.25, 0.3) is 0 Å². The molecule has 1 saturated heterocycles. The smallest absolute Gasteiger partial charge is 0.128 e. The molecule has 0 aliphatic carbocycles. The van der Waals surface area contributed by atoms with Gasteiger partial charge in [0.2, 0.25) is 0 Å². The molecular weight excluding hydrogens is 323 g/mol. The number of carbonyl (C=O) groups excluding carboxylic acids is 1. The van der Waals surface area contributed by atoms with E-state index >= 15 is 0 Å². The van der Waals surface area contributed by atoms with E-state index in [9.17, 15) is 9.50 Å². The summed E-state index contributed by atoms with van der Waals surface area (Å²) in [5.41, 5.74) is 0.638. The maximum Gasteiger partial charge on any atom is 0.128 e. The van der Waals surface area contributed by atoms with Gasteiger partial charge >= 0.3 is 0 Å². The average molecular weight is 342 g/mol. The number of nitrogens with zero attached hydrogens (tertiary/aromatic N) is 2. The fraction of sp³-hybridized carbons (Fsp3) is 0.467. The van der Waals surface area contributed by atoms with Crippen LogP contribution in [0.25, 0.3) is 0 Å². The van der Waals surface area contributed by atoms with Crippen molar-refractivity contribution in [2.75, 3.05) is 25.1 Å². The Morgan fingerprint density at radius 1 is 1.50 bits per heavy atom. The Balaban J connectivity index is 0.000000545. The molecule has 0 amide bonds. The Kier molecular flexibility index (Phi) is 6.28. The first-order valence-electron chi connectivity index (χ1n) is 6.98. The van der Waals surface area contributed by atoms with Crippen molar-refractivity contribution in [3.8, 4) is 5.75 Å². The molecule has 1 N–H and O–H groups in total. The summed E-state index contributed by atoms with van der Waals surface area (Å²) in [4.78, 5) is 15.8. The number of benzene rings is 1. The lowest BCUT2D eigenvalue weighted by atomic mass is 10.2. The third-order valence-corrected chi connectivity index (χ3v) is 5.90. The number of halogens is 1. The van der Waals surface area contributed by atoms with Crippen LogP contribution in [0.3, 0.4) is 0 Å². The zero-order valence-electron chi connectivity index (χ0n) is 12.5. The van der Waals surface area contributed by atoms with Crippen molar-refractivity contribution in [1.82, 2.24) is 4.90 Å². The Hall–Kier alpha value is -1.05. The second kappa shape index (κ2) is 7.99. The minimum absolute atomic E-state index is 0.0284. The van der Waals surface area contributed by atoms with Crippen molar-refractivity contribution in [1.29, 1.82) is 0 Å². The SMILES string of the molecule is CC=O.CN1CCSC1C1CSC(c2ccc(F)cc2O)=N1. The number of rotatable bonds is 2. The molecule has 2 heterocycles. The van der Waals surface area contributed by atoms with Crippen LogP contribution in [-0.4, -0.2) is 57.9 Å². The van der Waals surface area contributed by atoms with Crippen LogP contribution in [0.1, 0.15) is 12.5 Å². The van der Waals surface area contributed by atoms with E-state index < -0.39 is 5.82 Å². The van der Waals surface area contributed by atoms with Crippen LogP contribution in [0.2, 0.25) is 0 Å². The van der Waals surface area contributed by atoms with Gasteiger partial charge in [-0.25, -0.2) is 4.39 Å². The summed E-state index contributed by atoms with van der Waals surface area (Å²) in [7, 11) is 2.12. The highest BCUT2D eigenvalue weighted by molar-refractivity contribution is 8.14. The van der Waals surface area contributed by atoms with E-state index in [-0.39, 0.29) is 11.8 Å². The largest absolute Gasteiger partial charge is 0.507 e. The monoisotopic (exact) mass is 342 g/mol. The highest BCUT2D eigenvalue weighted by atomic mass is 32.2. The van der Waals surface area contributed by atoms with E-state index in [0.29, 0.717) is 10.9 Å². The number of phenols is 1. The molecule has 2 unspecified atom stereocenters. The van der Waals surface area contributed by atoms with Crippen LogP contribution >= 0.6 is 23.5 Å². The van der Waals surface area contributed by atoms with E-state index in [2.05, 4.69) is 11.9 Å². The molecule has 0 radical (unpaired) electrons. The normalized spacial score (nSPS) is 24.6. The zero-order valence-corrected chi connectivity index (χ0v) is 14.2. The molecule has 3 rings (SSSR count). The van der Waals surface area contributed by atoms with E-state index in [1.165, 1.54) is 13.0 Å². The quantitative estimate of drug-likeness (QED) is 0.837. The first-order chi connectivity index (χ1) is 10.6. The van der Waals surface area contributed by atoms with Gasteiger partial charge in [-0.2, -0.15) is 0 Å². The third kappa shape index (κ3) is 4.02. The van der Waals surface area contributed by atoms with Gasteiger partial charge in [-0.1, -0.05) is 0 Å². The summed E-state index contributed by atoms with van der Waals surface area (Å²) in [6, 6.07) is 4.36. The summed E-state index contributed by atoms with van der Waals surface area (Å²) in [5, 5.41) is 11.1. The molecule has 0 bridgehead atoms. The predicted molar refractivity (Wildman–Crippen MR) is 91.5 cm³/mol. The summed E-state index contributed by atoms with van der Waals surface area (Å²) in [6.07, 6.45) is 0.750. The maximum atomic E-state index is 13.0. The molecule has 2 aliphatic heterocycles. The summed E-state index contributed by atoms with van der Waals surface area (Å²) in [6.45, 7) is 2.54. The molecule has 22 heavy (non-hydrogen) atoms. The molecule has 2 aliphatic rings. The zero-order chi connectivity index (χ0) is 16.1.